The molecule has 0 saturated carbocycles. The monoisotopic (exact) mass is 369 g/mol. The zero-order valence-electron chi connectivity index (χ0n) is 11.5. The van der Waals surface area contributed by atoms with Crippen molar-refractivity contribution >= 4 is 39.3 Å². The van der Waals surface area contributed by atoms with E-state index in [-0.39, 0.29) is 6.04 Å². The highest BCUT2D eigenvalue weighted by Gasteiger charge is 2.12. The van der Waals surface area contributed by atoms with Crippen LogP contribution in [0.3, 0.4) is 0 Å². The summed E-state index contributed by atoms with van der Waals surface area (Å²) >= 11 is 11.6. The van der Waals surface area contributed by atoms with Gasteiger partial charge < -0.3 is 5.32 Å². The van der Waals surface area contributed by atoms with Gasteiger partial charge in [0.25, 0.3) is 0 Å². The minimum atomic E-state index is 0.283. The molecule has 0 amide bonds. The van der Waals surface area contributed by atoms with E-state index in [1.807, 2.05) is 31.8 Å². The molecule has 0 heterocycles. The Hall–Kier alpha value is -0.480. The quantitative estimate of drug-likeness (QED) is 0.701. The molecular formula is C16H17BrClNS. The van der Waals surface area contributed by atoms with Gasteiger partial charge in [-0.25, -0.2) is 0 Å². The second kappa shape index (κ2) is 7.51. The van der Waals surface area contributed by atoms with E-state index in [1.54, 1.807) is 0 Å². The Morgan fingerprint density at radius 2 is 2.00 bits per heavy atom. The molecule has 1 atom stereocenters. The molecule has 1 N–H and O–H groups in total. The lowest BCUT2D eigenvalue weighted by Crippen LogP contribution is -2.18. The third-order valence-electron chi connectivity index (χ3n) is 3.19. The highest BCUT2D eigenvalue weighted by molar-refractivity contribution is 9.10. The van der Waals surface area contributed by atoms with Crippen LogP contribution in [0.4, 0.5) is 0 Å². The van der Waals surface area contributed by atoms with Crippen LogP contribution in [0.2, 0.25) is 5.02 Å². The Morgan fingerprint density at radius 3 is 2.65 bits per heavy atom. The van der Waals surface area contributed by atoms with Crippen LogP contribution in [-0.4, -0.2) is 12.8 Å². The van der Waals surface area contributed by atoms with E-state index in [0.717, 1.165) is 20.8 Å². The molecule has 20 heavy (non-hydrogen) atoms. The number of nitrogens with one attached hydrogen (secondary N) is 1. The molecule has 106 valence electrons. The zero-order valence-corrected chi connectivity index (χ0v) is 14.6. The third kappa shape index (κ3) is 4.01. The first-order valence-corrected chi connectivity index (χ1v) is 8.58. The summed E-state index contributed by atoms with van der Waals surface area (Å²) < 4.78 is 1.14. The maximum atomic E-state index is 6.22. The molecule has 0 spiro atoms. The average molecular weight is 371 g/mol. The van der Waals surface area contributed by atoms with Crippen molar-refractivity contribution in [2.75, 3.05) is 12.8 Å². The Morgan fingerprint density at radius 1 is 1.25 bits per heavy atom. The van der Waals surface area contributed by atoms with Gasteiger partial charge in [0.1, 0.15) is 0 Å². The summed E-state index contributed by atoms with van der Waals surface area (Å²) in [5.41, 5.74) is 2.34. The highest BCUT2D eigenvalue weighted by Crippen LogP contribution is 2.31. The van der Waals surface area contributed by atoms with Crippen molar-refractivity contribution in [2.24, 2.45) is 0 Å². The van der Waals surface area contributed by atoms with Crippen LogP contribution in [0.15, 0.2) is 51.8 Å². The summed E-state index contributed by atoms with van der Waals surface area (Å²) in [6.07, 6.45) is 0. The molecule has 1 nitrogen and oxygen atoms in total. The van der Waals surface area contributed by atoms with Crippen molar-refractivity contribution in [3.8, 4) is 0 Å². The van der Waals surface area contributed by atoms with Crippen LogP contribution < -0.4 is 5.32 Å². The van der Waals surface area contributed by atoms with E-state index in [2.05, 4.69) is 57.6 Å². The first-order chi connectivity index (χ1) is 9.61. The Labute approximate surface area is 138 Å². The fourth-order valence-electron chi connectivity index (χ4n) is 1.91. The van der Waals surface area contributed by atoms with Gasteiger partial charge in [-0.2, -0.15) is 0 Å². The zero-order chi connectivity index (χ0) is 14.5. The number of rotatable bonds is 5. The second-order valence-electron chi connectivity index (χ2n) is 4.59. The maximum Gasteiger partial charge on any atom is 0.0438 e. The molecule has 0 aromatic heterocycles. The minimum absolute atomic E-state index is 0.283. The van der Waals surface area contributed by atoms with Gasteiger partial charge in [0, 0.05) is 26.2 Å². The fourth-order valence-corrected chi connectivity index (χ4v) is 3.81. The van der Waals surface area contributed by atoms with Gasteiger partial charge in [-0.1, -0.05) is 35.9 Å². The van der Waals surface area contributed by atoms with E-state index in [4.69, 9.17) is 11.6 Å². The molecule has 1 unspecified atom stereocenters. The summed E-state index contributed by atoms with van der Waals surface area (Å²) in [6.45, 7) is 2.02. The van der Waals surface area contributed by atoms with Crippen molar-refractivity contribution in [1.29, 1.82) is 0 Å². The molecule has 4 heteroatoms. The molecule has 2 aromatic rings. The van der Waals surface area contributed by atoms with Crippen LogP contribution in [0.5, 0.6) is 0 Å². The van der Waals surface area contributed by atoms with E-state index in [1.165, 1.54) is 10.5 Å². The van der Waals surface area contributed by atoms with Crippen LogP contribution >= 0.6 is 39.3 Å². The van der Waals surface area contributed by atoms with Gasteiger partial charge in [-0.3, -0.25) is 0 Å². The average Bonchev–Trinajstić information content (AvgIpc) is 2.45. The molecule has 0 bridgehead atoms. The molecule has 2 aromatic carbocycles. The second-order valence-corrected chi connectivity index (χ2v) is 6.91. The van der Waals surface area contributed by atoms with Gasteiger partial charge in [-0.05, 0) is 59.2 Å². The first kappa shape index (κ1) is 15.9. The topological polar surface area (TPSA) is 12.0 Å². The lowest BCUT2D eigenvalue weighted by Gasteiger charge is -2.17. The summed E-state index contributed by atoms with van der Waals surface area (Å²) in [7, 11) is 1.99. The molecule has 0 aliphatic heterocycles. The van der Waals surface area contributed by atoms with Gasteiger partial charge in [0.2, 0.25) is 0 Å². The van der Waals surface area contributed by atoms with E-state index in [9.17, 15) is 0 Å². The van der Waals surface area contributed by atoms with Crippen LogP contribution in [0.1, 0.15) is 17.2 Å². The summed E-state index contributed by atoms with van der Waals surface area (Å²) in [6, 6.07) is 14.8. The lowest BCUT2D eigenvalue weighted by molar-refractivity contribution is 0.661. The SMILES string of the molecule is CNC(CSc1ccccc1Br)c1ccc(C)c(Cl)c1. The maximum absolute atomic E-state index is 6.22. The van der Waals surface area contributed by atoms with Crippen molar-refractivity contribution in [2.45, 2.75) is 17.9 Å². The molecule has 0 saturated heterocycles. The minimum Gasteiger partial charge on any atom is -0.312 e. The van der Waals surface area contributed by atoms with Crippen LogP contribution in [0, 0.1) is 6.92 Å². The summed E-state index contributed by atoms with van der Waals surface area (Å²) in [4.78, 5) is 1.26. The largest absolute Gasteiger partial charge is 0.312 e. The first-order valence-electron chi connectivity index (χ1n) is 6.42. The summed E-state index contributed by atoms with van der Waals surface area (Å²) in [5.74, 6) is 0.957. The standard InChI is InChI=1S/C16H17BrClNS/c1-11-7-8-12(9-14(11)18)15(19-2)10-20-16-6-4-3-5-13(16)17/h3-9,15,19H,10H2,1-2H3. The predicted octanol–water partition coefficient (Wildman–Crippen LogP) is 5.46. The Bertz CT molecular complexity index is 588. The highest BCUT2D eigenvalue weighted by atomic mass is 79.9. The summed E-state index contributed by atoms with van der Waals surface area (Å²) in [5, 5.41) is 4.19. The molecule has 2 rings (SSSR count). The van der Waals surface area contributed by atoms with Crippen molar-refractivity contribution in [3.63, 3.8) is 0 Å². The third-order valence-corrected chi connectivity index (χ3v) is 5.72. The van der Waals surface area contributed by atoms with Gasteiger partial charge >= 0.3 is 0 Å². The van der Waals surface area contributed by atoms with E-state index < -0.39 is 0 Å². The smallest absolute Gasteiger partial charge is 0.0438 e. The number of hydrogen-bond acceptors (Lipinski definition) is 2. The molecular weight excluding hydrogens is 354 g/mol. The molecule has 0 radical (unpaired) electrons. The molecule has 0 aliphatic carbocycles. The number of thioether (sulfide) groups is 1. The number of halogens is 2. The molecule has 0 fully saturated rings. The predicted molar refractivity (Wildman–Crippen MR) is 92.9 cm³/mol. The Kier molecular flexibility index (Phi) is 5.97. The van der Waals surface area contributed by atoms with Crippen molar-refractivity contribution in [1.82, 2.24) is 5.32 Å². The Balaban J connectivity index is 2.09. The van der Waals surface area contributed by atoms with E-state index >= 15 is 0 Å². The lowest BCUT2D eigenvalue weighted by atomic mass is 10.1. The van der Waals surface area contributed by atoms with Gasteiger partial charge in [0.05, 0.1) is 0 Å². The fraction of sp³-hybridized carbons (Fsp3) is 0.250. The number of aryl methyl sites for hydroxylation is 1. The van der Waals surface area contributed by atoms with E-state index in [0.29, 0.717) is 0 Å². The van der Waals surface area contributed by atoms with Crippen molar-refractivity contribution < 1.29 is 0 Å². The van der Waals surface area contributed by atoms with Crippen LogP contribution in [-0.2, 0) is 0 Å². The van der Waals surface area contributed by atoms with Crippen LogP contribution in [0.25, 0.3) is 0 Å². The van der Waals surface area contributed by atoms with Gasteiger partial charge in [0.15, 0.2) is 0 Å². The van der Waals surface area contributed by atoms with Gasteiger partial charge in [-0.15, -0.1) is 11.8 Å². The van der Waals surface area contributed by atoms with Crippen molar-refractivity contribution in [3.05, 3.63) is 63.1 Å². The number of benzene rings is 2. The normalized spacial score (nSPS) is 12.4. The molecule has 0 aliphatic rings. The number of hydrogen-bond donors (Lipinski definition) is 1.